The summed E-state index contributed by atoms with van der Waals surface area (Å²) in [5, 5.41) is 12.3. The normalized spacial score (nSPS) is 17.7. The van der Waals surface area contributed by atoms with Gasteiger partial charge in [0, 0.05) is 16.8 Å². The highest BCUT2D eigenvalue weighted by atomic mass is 35.5. The summed E-state index contributed by atoms with van der Waals surface area (Å²) in [5.41, 5.74) is 3.81. The number of aryl methyl sites for hydroxylation is 1. The van der Waals surface area contributed by atoms with E-state index in [0.29, 0.717) is 16.4 Å². The molecule has 7 heteroatoms. The number of benzene rings is 1. The molecular formula is C28H39ClN2O4. The molecule has 1 aliphatic rings. The molecule has 6 nitrogen and oxygen atoms in total. The van der Waals surface area contributed by atoms with Crippen molar-refractivity contribution >= 4 is 23.5 Å². The van der Waals surface area contributed by atoms with Crippen LogP contribution in [0.5, 0.6) is 0 Å². The van der Waals surface area contributed by atoms with Crippen molar-refractivity contribution in [3.8, 4) is 11.1 Å². The number of amides is 1. The van der Waals surface area contributed by atoms with E-state index in [9.17, 15) is 9.59 Å². The average molecular weight is 503 g/mol. The van der Waals surface area contributed by atoms with Crippen LogP contribution >= 0.6 is 11.6 Å². The Hall–Kier alpha value is -2.44. The van der Waals surface area contributed by atoms with Crippen molar-refractivity contribution in [1.29, 1.82) is 0 Å². The van der Waals surface area contributed by atoms with Crippen LogP contribution in [0.25, 0.3) is 11.1 Å². The van der Waals surface area contributed by atoms with Crippen LogP contribution in [-0.2, 0) is 16.0 Å². The Balaban J connectivity index is 0.000000784. The first-order chi connectivity index (χ1) is 16.3. The molecule has 1 fully saturated rings. The molecule has 1 aromatic carbocycles. The Morgan fingerprint density at radius 3 is 2.17 bits per heavy atom. The largest absolute Gasteiger partial charge is 0.469 e. The zero-order valence-corrected chi connectivity index (χ0v) is 22.8. The van der Waals surface area contributed by atoms with E-state index in [4.69, 9.17) is 21.4 Å². The van der Waals surface area contributed by atoms with E-state index in [2.05, 4.69) is 17.2 Å². The zero-order chi connectivity index (χ0) is 26.3. The fraction of sp³-hybridized carbons (Fsp3) is 0.536. The number of ether oxygens (including phenoxy) is 1. The van der Waals surface area contributed by atoms with Crippen molar-refractivity contribution in [2.75, 3.05) is 7.11 Å². The number of esters is 1. The second-order valence-electron chi connectivity index (χ2n) is 10.4. The SMILES string of the molecule is CC(C)(C)O.COC(=O)Cc1c(C)nc(C(=O)NC2CCC(C)CC2)c(C)c1-c1ccc(Cl)cc1. The molecule has 0 aliphatic heterocycles. The van der Waals surface area contributed by atoms with Crippen LogP contribution in [0.4, 0.5) is 0 Å². The van der Waals surface area contributed by atoms with Gasteiger partial charge in [-0.1, -0.05) is 30.7 Å². The van der Waals surface area contributed by atoms with E-state index in [1.165, 1.54) is 7.11 Å². The van der Waals surface area contributed by atoms with Gasteiger partial charge in [-0.3, -0.25) is 9.59 Å². The third kappa shape index (κ3) is 8.93. The number of hydrogen-bond acceptors (Lipinski definition) is 5. The Bertz CT molecular complexity index is 1010. The van der Waals surface area contributed by atoms with E-state index >= 15 is 0 Å². The van der Waals surface area contributed by atoms with Crippen LogP contribution in [0.2, 0.25) is 5.02 Å². The summed E-state index contributed by atoms with van der Waals surface area (Å²) in [6.45, 7) is 11.2. The maximum absolute atomic E-state index is 13.1. The lowest BCUT2D eigenvalue weighted by molar-refractivity contribution is -0.139. The molecule has 0 saturated heterocycles. The zero-order valence-electron chi connectivity index (χ0n) is 22.0. The third-order valence-electron chi connectivity index (χ3n) is 6.00. The number of aliphatic hydroxyl groups is 1. The van der Waals surface area contributed by atoms with Gasteiger partial charge in [0.25, 0.3) is 5.91 Å². The van der Waals surface area contributed by atoms with Crippen LogP contribution in [0.15, 0.2) is 24.3 Å². The van der Waals surface area contributed by atoms with Crippen LogP contribution in [-0.4, -0.2) is 40.7 Å². The van der Waals surface area contributed by atoms with Gasteiger partial charge in [-0.05, 0) is 101 Å². The predicted molar refractivity (Wildman–Crippen MR) is 141 cm³/mol. The molecule has 1 saturated carbocycles. The predicted octanol–water partition coefficient (Wildman–Crippen LogP) is 5.82. The quantitative estimate of drug-likeness (QED) is 0.503. The number of halogens is 1. The topological polar surface area (TPSA) is 88.5 Å². The lowest BCUT2D eigenvalue weighted by Gasteiger charge is -2.27. The Kier molecular flexibility index (Phi) is 10.3. The van der Waals surface area contributed by atoms with Crippen LogP contribution in [0, 0.1) is 19.8 Å². The van der Waals surface area contributed by atoms with Crippen molar-refractivity contribution in [2.45, 2.75) is 85.3 Å². The summed E-state index contributed by atoms with van der Waals surface area (Å²) in [6.07, 6.45) is 4.34. The second kappa shape index (κ2) is 12.5. The number of methoxy groups -OCH3 is 1. The fourth-order valence-corrected chi connectivity index (χ4v) is 4.29. The summed E-state index contributed by atoms with van der Waals surface area (Å²) in [7, 11) is 1.37. The first-order valence-corrected chi connectivity index (χ1v) is 12.5. The van der Waals surface area contributed by atoms with Crippen molar-refractivity contribution < 1.29 is 19.4 Å². The van der Waals surface area contributed by atoms with Crippen molar-refractivity contribution in [3.05, 3.63) is 51.8 Å². The molecule has 1 aromatic heterocycles. The number of pyridine rings is 1. The third-order valence-corrected chi connectivity index (χ3v) is 6.25. The lowest BCUT2D eigenvalue weighted by Crippen LogP contribution is -2.38. The lowest BCUT2D eigenvalue weighted by atomic mass is 9.87. The molecule has 0 atom stereocenters. The number of rotatable bonds is 5. The van der Waals surface area contributed by atoms with Crippen LogP contribution in [0.1, 0.15) is 80.7 Å². The number of nitrogens with zero attached hydrogens (tertiary/aromatic N) is 1. The van der Waals surface area contributed by atoms with E-state index in [1.54, 1.807) is 32.9 Å². The minimum Gasteiger partial charge on any atom is -0.469 e. The monoisotopic (exact) mass is 502 g/mol. The molecule has 1 amide bonds. The van der Waals surface area contributed by atoms with Crippen LogP contribution in [0.3, 0.4) is 0 Å². The Morgan fingerprint density at radius 2 is 1.66 bits per heavy atom. The minimum atomic E-state index is -0.500. The molecule has 0 unspecified atom stereocenters. The summed E-state index contributed by atoms with van der Waals surface area (Å²) < 4.78 is 4.88. The number of carbonyl (C=O) groups is 2. The first-order valence-electron chi connectivity index (χ1n) is 12.2. The van der Waals surface area contributed by atoms with E-state index in [0.717, 1.165) is 53.9 Å². The maximum Gasteiger partial charge on any atom is 0.310 e. The molecule has 2 aromatic rings. The molecule has 2 N–H and O–H groups in total. The van der Waals surface area contributed by atoms with Crippen molar-refractivity contribution in [3.63, 3.8) is 0 Å². The number of hydrogen-bond donors (Lipinski definition) is 2. The van der Waals surface area contributed by atoms with Crippen molar-refractivity contribution in [2.24, 2.45) is 5.92 Å². The summed E-state index contributed by atoms with van der Waals surface area (Å²) >= 11 is 6.07. The highest BCUT2D eigenvalue weighted by Crippen LogP contribution is 2.33. The highest BCUT2D eigenvalue weighted by molar-refractivity contribution is 6.30. The number of carbonyl (C=O) groups excluding carboxylic acids is 2. The molecule has 0 bridgehead atoms. The Morgan fingerprint density at radius 1 is 1.11 bits per heavy atom. The van der Waals surface area contributed by atoms with Gasteiger partial charge in [0.1, 0.15) is 5.69 Å². The molecule has 192 valence electrons. The summed E-state index contributed by atoms with van der Waals surface area (Å²) in [4.78, 5) is 29.7. The highest BCUT2D eigenvalue weighted by Gasteiger charge is 2.25. The van der Waals surface area contributed by atoms with Gasteiger partial charge < -0.3 is 15.2 Å². The molecular weight excluding hydrogens is 464 g/mol. The average Bonchev–Trinajstić information content (AvgIpc) is 2.77. The van der Waals surface area contributed by atoms with Gasteiger partial charge in [-0.25, -0.2) is 4.98 Å². The maximum atomic E-state index is 13.1. The molecule has 0 radical (unpaired) electrons. The summed E-state index contributed by atoms with van der Waals surface area (Å²) in [5.74, 6) is 0.215. The van der Waals surface area contributed by atoms with Gasteiger partial charge in [0.2, 0.25) is 0 Å². The van der Waals surface area contributed by atoms with Gasteiger partial charge in [0.05, 0.1) is 19.1 Å². The van der Waals surface area contributed by atoms with Gasteiger partial charge in [0.15, 0.2) is 0 Å². The molecule has 35 heavy (non-hydrogen) atoms. The van der Waals surface area contributed by atoms with Gasteiger partial charge in [-0.15, -0.1) is 0 Å². The van der Waals surface area contributed by atoms with Crippen LogP contribution < -0.4 is 5.32 Å². The molecule has 3 rings (SSSR count). The molecule has 0 spiro atoms. The van der Waals surface area contributed by atoms with Gasteiger partial charge >= 0.3 is 5.97 Å². The van der Waals surface area contributed by atoms with E-state index < -0.39 is 5.60 Å². The standard InChI is InChI=1S/C24H29ClN2O3.C4H10O/c1-14-5-11-19(12-6-14)27-24(29)23-15(2)22(17-7-9-18(25)10-8-17)20(16(3)26-23)13-21(28)30-4;1-4(2,3)5/h7-10,14,19H,5-6,11-13H2,1-4H3,(H,27,29);5H,1-3H3. The molecule has 1 heterocycles. The van der Waals surface area contributed by atoms with Gasteiger partial charge in [-0.2, -0.15) is 0 Å². The van der Waals surface area contributed by atoms with E-state index in [-0.39, 0.29) is 24.3 Å². The first kappa shape index (κ1) is 28.8. The molecule has 1 aliphatic carbocycles. The summed E-state index contributed by atoms with van der Waals surface area (Å²) in [6, 6.07) is 7.59. The second-order valence-corrected chi connectivity index (χ2v) is 10.8. The smallest absolute Gasteiger partial charge is 0.310 e. The number of nitrogens with one attached hydrogen (secondary N) is 1. The number of aromatic nitrogens is 1. The Labute approximate surface area is 214 Å². The van der Waals surface area contributed by atoms with E-state index in [1.807, 2.05) is 26.0 Å². The van der Waals surface area contributed by atoms with Crippen molar-refractivity contribution in [1.82, 2.24) is 10.3 Å². The fourth-order valence-electron chi connectivity index (χ4n) is 4.16. The minimum absolute atomic E-state index is 0.0938.